The molecule has 1 heterocycles. The van der Waals surface area contributed by atoms with Gasteiger partial charge in [0, 0.05) is 6.07 Å². The molecule has 0 atom stereocenters. The Morgan fingerprint density at radius 2 is 2.25 bits per heavy atom. The predicted octanol–water partition coefficient (Wildman–Crippen LogP) is 4.07. The number of aromatic nitrogens is 1. The first-order valence-electron chi connectivity index (χ1n) is 4.10. The minimum Gasteiger partial charge on any atom is -0.430 e. The van der Waals surface area contributed by atoms with Gasteiger partial charge in [0.15, 0.2) is 0 Å². The average Bonchev–Trinajstić information content (AvgIpc) is 2.60. The Balaban J connectivity index is 2.31. The van der Waals surface area contributed by atoms with Gasteiger partial charge in [-0.1, -0.05) is 22.9 Å². The van der Waals surface area contributed by atoms with Crippen LogP contribution in [0.15, 0.2) is 22.8 Å². The Morgan fingerprint density at radius 1 is 1.50 bits per heavy atom. The van der Waals surface area contributed by atoms with Crippen LogP contribution >= 0.6 is 38.9 Å². The smallest absolute Gasteiger partial charge is 0.280 e. The second kappa shape index (κ2) is 4.57. The Morgan fingerprint density at radius 3 is 2.88 bits per heavy atom. The molecule has 0 bridgehead atoms. The lowest BCUT2D eigenvalue weighted by molar-refractivity contribution is 0.470. The minimum absolute atomic E-state index is 0.0258. The van der Waals surface area contributed by atoms with E-state index in [2.05, 4.69) is 20.9 Å². The molecular weight excluding hydrogens is 319 g/mol. The molecule has 3 nitrogen and oxygen atoms in total. The fraction of sp³-hybridized carbons (Fsp3) is 0. The Hall–Kier alpha value is -0.850. The van der Waals surface area contributed by atoms with Crippen LogP contribution in [-0.2, 0) is 0 Å². The number of nitrogens with zero attached hydrogens (tertiary/aromatic N) is 1. The first-order valence-corrected chi connectivity index (χ1v) is 6.08. The highest BCUT2D eigenvalue weighted by Crippen LogP contribution is 2.35. The van der Waals surface area contributed by atoms with E-state index in [1.807, 2.05) is 0 Å². The van der Waals surface area contributed by atoms with Crippen molar-refractivity contribution >= 4 is 43.9 Å². The molecule has 1 aromatic heterocycles. The number of hydrogen-bond donors (Lipinski definition) is 1. The van der Waals surface area contributed by atoms with Crippen molar-refractivity contribution in [2.75, 3.05) is 5.73 Å². The first kappa shape index (κ1) is 11.6. The number of nitrogen functional groups attached to an aromatic ring is 1. The summed E-state index contributed by atoms with van der Waals surface area (Å²) in [6, 6.07) is 2.60. The lowest BCUT2D eigenvalue weighted by Crippen LogP contribution is -1.87. The van der Waals surface area contributed by atoms with E-state index in [0.717, 1.165) is 0 Å². The van der Waals surface area contributed by atoms with Crippen LogP contribution in [0.1, 0.15) is 0 Å². The van der Waals surface area contributed by atoms with Crippen molar-refractivity contribution in [2.24, 2.45) is 0 Å². The van der Waals surface area contributed by atoms with Crippen LogP contribution in [-0.4, -0.2) is 4.98 Å². The predicted molar refractivity (Wildman–Crippen MR) is 65.7 cm³/mol. The van der Waals surface area contributed by atoms with E-state index >= 15 is 0 Å². The fourth-order valence-electron chi connectivity index (χ4n) is 0.994. The van der Waals surface area contributed by atoms with Crippen LogP contribution in [0.5, 0.6) is 10.9 Å². The molecule has 1 aromatic carbocycles. The standard InChI is InChI=1S/C9H5BrClFN2OS/c10-4-1-5(11)6(12)2-7(4)15-9-14-3-8(13)16-9/h1-3H,13H2. The maximum absolute atomic E-state index is 13.2. The van der Waals surface area contributed by atoms with Gasteiger partial charge in [-0.2, -0.15) is 0 Å². The zero-order valence-electron chi connectivity index (χ0n) is 7.71. The van der Waals surface area contributed by atoms with Crippen LogP contribution < -0.4 is 10.5 Å². The molecular formula is C9H5BrClFN2OS. The normalized spacial score (nSPS) is 10.4. The van der Waals surface area contributed by atoms with Crippen LogP contribution in [0, 0.1) is 5.82 Å². The number of nitrogens with two attached hydrogens (primary N) is 1. The minimum atomic E-state index is -0.551. The van der Waals surface area contributed by atoms with Gasteiger partial charge < -0.3 is 10.5 Å². The van der Waals surface area contributed by atoms with Gasteiger partial charge in [0.2, 0.25) is 0 Å². The number of ether oxygens (including phenoxy) is 1. The largest absolute Gasteiger partial charge is 0.430 e. The monoisotopic (exact) mass is 322 g/mol. The number of halogens is 3. The highest BCUT2D eigenvalue weighted by Gasteiger charge is 2.10. The third-order valence-corrected chi connectivity index (χ3v) is 3.29. The second-order valence-electron chi connectivity index (χ2n) is 2.83. The van der Waals surface area contributed by atoms with Gasteiger partial charge in [-0.3, -0.25) is 0 Å². The lowest BCUT2D eigenvalue weighted by Gasteiger charge is -2.05. The molecule has 0 spiro atoms. The van der Waals surface area contributed by atoms with Crippen molar-refractivity contribution < 1.29 is 9.13 Å². The van der Waals surface area contributed by atoms with Gasteiger partial charge >= 0.3 is 0 Å². The van der Waals surface area contributed by atoms with Gasteiger partial charge in [-0.05, 0) is 22.0 Å². The highest BCUT2D eigenvalue weighted by molar-refractivity contribution is 9.10. The number of hydrogen-bond acceptors (Lipinski definition) is 4. The molecule has 2 rings (SSSR count). The second-order valence-corrected chi connectivity index (χ2v) is 5.11. The SMILES string of the molecule is Nc1cnc(Oc2cc(F)c(Cl)cc2Br)s1. The Bertz CT molecular complexity index is 534. The van der Waals surface area contributed by atoms with E-state index in [4.69, 9.17) is 22.1 Å². The topological polar surface area (TPSA) is 48.1 Å². The molecule has 0 radical (unpaired) electrons. The van der Waals surface area contributed by atoms with Crippen molar-refractivity contribution in [1.82, 2.24) is 4.98 Å². The van der Waals surface area contributed by atoms with Crippen molar-refractivity contribution in [1.29, 1.82) is 0 Å². The van der Waals surface area contributed by atoms with Crippen molar-refractivity contribution in [3.63, 3.8) is 0 Å². The molecule has 2 N–H and O–H groups in total. The van der Waals surface area contributed by atoms with E-state index < -0.39 is 5.82 Å². The molecule has 0 saturated heterocycles. The van der Waals surface area contributed by atoms with Gasteiger partial charge in [0.05, 0.1) is 15.7 Å². The van der Waals surface area contributed by atoms with E-state index in [-0.39, 0.29) is 5.02 Å². The van der Waals surface area contributed by atoms with Crippen LogP contribution in [0.3, 0.4) is 0 Å². The maximum atomic E-state index is 13.2. The van der Waals surface area contributed by atoms with E-state index in [1.54, 1.807) is 0 Å². The molecule has 0 unspecified atom stereocenters. The van der Waals surface area contributed by atoms with Crippen LogP contribution in [0.2, 0.25) is 5.02 Å². The summed E-state index contributed by atoms with van der Waals surface area (Å²) in [4.78, 5) is 3.90. The molecule has 0 amide bonds. The Labute approximate surface area is 108 Å². The number of rotatable bonds is 2. The molecule has 0 aliphatic carbocycles. The average molecular weight is 324 g/mol. The zero-order chi connectivity index (χ0) is 11.7. The third-order valence-electron chi connectivity index (χ3n) is 1.67. The van der Waals surface area contributed by atoms with Crippen molar-refractivity contribution in [2.45, 2.75) is 0 Å². The molecule has 7 heteroatoms. The third kappa shape index (κ3) is 2.45. The summed E-state index contributed by atoms with van der Waals surface area (Å²) >= 11 is 9.98. The molecule has 0 fully saturated rings. The van der Waals surface area contributed by atoms with Gasteiger partial charge in [0.25, 0.3) is 5.19 Å². The fourth-order valence-corrected chi connectivity index (χ4v) is 2.26. The van der Waals surface area contributed by atoms with Gasteiger partial charge in [-0.15, -0.1) is 0 Å². The van der Waals surface area contributed by atoms with Crippen molar-refractivity contribution in [3.8, 4) is 10.9 Å². The summed E-state index contributed by atoms with van der Waals surface area (Å²) in [6.45, 7) is 0. The molecule has 0 aliphatic rings. The molecule has 0 saturated carbocycles. The summed E-state index contributed by atoms with van der Waals surface area (Å²) in [6.07, 6.45) is 1.47. The summed E-state index contributed by atoms with van der Waals surface area (Å²) in [5.74, 6) is -0.249. The van der Waals surface area contributed by atoms with Gasteiger partial charge in [-0.25, -0.2) is 9.37 Å². The quantitative estimate of drug-likeness (QED) is 0.847. The van der Waals surface area contributed by atoms with Crippen LogP contribution in [0.25, 0.3) is 0 Å². The first-order chi connectivity index (χ1) is 7.56. The zero-order valence-corrected chi connectivity index (χ0v) is 10.9. The van der Waals surface area contributed by atoms with E-state index in [0.29, 0.717) is 20.4 Å². The highest BCUT2D eigenvalue weighted by atomic mass is 79.9. The lowest BCUT2D eigenvalue weighted by atomic mass is 10.3. The van der Waals surface area contributed by atoms with Crippen LogP contribution in [0.4, 0.5) is 9.39 Å². The summed E-state index contributed by atoms with van der Waals surface area (Å²) < 4.78 is 19.1. The molecule has 84 valence electrons. The summed E-state index contributed by atoms with van der Waals surface area (Å²) in [5, 5.41) is 0.901. The summed E-state index contributed by atoms with van der Waals surface area (Å²) in [7, 11) is 0. The summed E-state index contributed by atoms with van der Waals surface area (Å²) in [5.41, 5.74) is 5.49. The van der Waals surface area contributed by atoms with Gasteiger partial charge in [0.1, 0.15) is 16.6 Å². The maximum Gasteiger partial charge on any atom is 0.280 e. The number of anilines is 1. The number of benzene rings is 1. The van der Waals surface area contributed by atoms with E-state index in [1.165, 1.54) is 29.7 Å². The Kier molecular flexibility index (Phi) is 3.32. The molecule has 0 aliphatic heterocycles. The van der Waals surface area contributed by atoms with E-state index in [9.17, 15) is 4.39 Å². The molecule has 2 aromatic rings. The van der Waals surface area contributed by atoms with Crippen molar-refractivity contribution in [3.05, 3.63) is 33.6 Å². The number of thiazole rings is 1. The molecule has 16 heavy (non-hydrogen) atoms.